The van der Waals surface area contributed by atoms with Crippen molar-refractivity contribution in [2.24, 2.45) is 5.41 Å². The molecule has 112 valence electrons. The lowest BCUT2D eigenvalue weighted by Crippen LogP contribution is -2.41. The maximum Gasteiger partial charge on any atom is 0.321 e. The average molecular weight is 282 g/mol. The molecule has 0 aromatic carbocycles. The third-order valence-corrected chi connectivity index (χ3v) is 3.61. The molecule has 0 spiro atoms. The highest BCUT2D eigenvalue weighted by atomic mass is 16.4. The Morgan fingerprint density at radius 1 is 1.20 bits per heavy atom. The first-order valence-electron chi connectivity index (χ1n) is 6.88. The van der Waals surface area contributed by atoms with Crippen LogP contribution in [0, 0.1) is 5.41 Å². The van der Waals surface area contributed by atoms with E-state index in [0.29, 0.717) is 13.0 Å². The first-order chi connectivity index (χ1) is 9.47. The van der Waals surface area contributed by atoms with Crippen LogP contribution in [0.25, 0.3) is 0 Å². The number of carbonyl (C=O) groups is 3. The lowest BCUT2D eigenvalue weighted by Gasteiger charge is -2.26. The van der Waals surface area contributed by atoms with Crippen LogP contribution in [0.1, 0.15) is 44.9 Å². The summed E-state index contributed by atoms with van der Waals surface area (Å²) in [6.45, 7) is 3.95. The first kappa shape index (κ1) is 16.2. The van der Waals surface area contributed by atoms with Crippen LogP contribution in [0.2, 0.25) is 0 Å². The molecule has 0 saturated heterocycles. The van der Waals surface area contributed by atoms with E-state index in [1.54, 1.807) is 6.08 Å². The van der Waals surface area contributed by atoms with E-state index in [9.17, 15) is 14.4 Å². The van der Waals surface area contributed by atoms with Crippen molar-refractivity contribution in [2.45, 2.75) is 44.9 Å². The number of rotatable bonds is 7. The van der Waals surface area contributed by atoms with Gasteiger partial charge in [-0.05, 0) is 24.7 Å². The minimum Gasteiger partial charge on any atom is -0.481 e. The van der Waals surface area contributed by atoms with Gasteiger partial charge in [0.25, 0.3) is 0 Å². The van der Waals surface area contributed by atoms with E-state index in [4.69, 9.17) is 5.11 Å². The molecule has 0 aromatic rings. The summed E-state index contributed by atoms with van der Waals surface area (Å²) in [4.78, 5) is 34.2. The smallest absolute Gasteiger partial charge is 0.321 e. The van der Waals surface area contributed by atoms with Gasteiger partial charge in [-0.2, -0.15) is 0 Å². The van der Waals surface area contributed by atoms with Gasteiger partial charge in [0.2, 0.25) is 5.91 Å². The molecule has 6 heteroatoms. The van der Waals surface area contributed by atoms with Crippen molar-refractivity contribution in [2.75, 3.05) is 6.54 Å². The van der Waals surface area contributed by atoms with Gasteiger partial charge in [-0.25, -0.2) is 4.79 Å². The summed E-state index contributed by atoms with van der Waals surface area (Å²) >= 11 is 0. The Kier molecular flexibility index (Phi) is 6.21. The molecule has 0 atom stereocenters. The van der Waals surface area contributed by atoms with Crippen molar-refractivity contribution < 1.29 is 19.5 Å². The Morgan fingerprint density at radius 2 is 1.85 bits per heavy atom. The minimum atomic E-state index is -0.893. The second kappa shape index (κ2) is 7.67. The van der Waals surface area contributed by atoms with Gasteiger partial charge in [0.15, 0.2) is 0 Å². The highest BCUT2D eigenvalue weighted by Crippen LogP contribution is 2.43. The molecule has 3 N–H and O–H groups in total. The standard InChI is InChI=1S/C14H22N2O4/c1-2-3-8-15-13(20)16-11(17)9-14(10-12(18)19)6-4-5-7-14/h2H,1,3-10H2,(H,18,19)(H2,15,16,17,20). The molecule has 0 aliphatic heterocycles. The third-order valence-electron chi connectivity index (χ3n) is 3.61. The van der Waals surface area contributed by atoms with Gasteiger partial charge in [-0.1, -0.05) is 18.9 Å². The summed E-state index contributed by atoms with van der Waals surface area (Å²) in [5.41, 5.74) is -0.489. The Labute approximate surface area is 118 Å². The van der Waals surface area contributed by atoms with Gasteiger partial charge in [0, 0.05) is 13.0 Å². The van der Waals surface area contributed by atoms with Crippen molar-refractivity contribution in [3.05, 3.63) is 12.7 Å². The molecule has 1 fully saturated rings. The maximum absolute atomic E-state index is 11.8. The molecule has 0 heterocycles. The number of amides is 3. The number of hydrogen-bond acceptors (Lipinski definition) is 3. The predicted octanol–water partition coefficient (Wildman–Crippen LogP) is 1.81. The number of hydrogen-bond donors (Lipinski definition) is 3. The van der Waals surface area contributed by atoms with Gasteiger partial charge >= 0.3 is 12.0 Å². The summed E-state index contributed by atoms with van der Waals surface area (Å²) in [5, 5.41) is 13.7. The molecule has 0 unspecified atom stereocenters. The van der Waals surface area contributed by atoms with Crippen LogP contribution in [-0.2, 0) is 9.59 Å². The van der Waals surface area contributed by atoms with E-state index in [2.05, 4.69) is 17.2 Å². The molecular weight excluding hydrogens is 260 g/mol. The fourth-order valence-electron chi connectivity index (χ4n) is 2.71. The van der Waals surface area contributed by atoms with Gasteiger partial charge in [0.1, 0.15) is 0 Å². The second-order valence-corrected chi connectivity index (χ2v) is 5.34. The van der Waals surface area contributed by atoms with E-state index in [1.165, 1.54) is 0 Å². The fourth-order valence-corrected chi connectivity index (χ4v) is 2.71. The Bertz CT molecular complexity index is 387. The zero-order valence-electron chi connectivity index (χ0n) is 11.6. The number of urea groups is 1. The molecule has 0 aromatic heterocycles. The molecule has 20 heavy (non-hydrogen) atoms. The second-order valence-electron chi connectivity index (χ2n) is 5.34. The topological polar surface area (TPSA) is 95.5 Å². The van der Waals surface area contributed by atoms with E-state index >= 15 is 0 Å². The van der Waals surface area contributed by atoms with Crippen LogP contribution in [0.15, 0.2) is 12.7 Å². The highest BCUT2D eigenvalue weighted by Gasteiger charge is 2.38. The SMILES string of the molecule is C=CCCNC(=O)NC(=O)CC1(CC(=O)O)CCCC1. The van der Waals surface area contributed by atoms with Gasteiger partial charge in [0.05, 0.1) is 6.42 Å². The van der Waals surface area contributed by atoms with Crippen LogP contribution in [0.5, 0.6) is 0 Å². The van der Waals surface area contributed by atoms with Crippen molar-refractivity contribution in [1.29, 1.82) is 0 Å². The monoisotopic (exact) mass is 282 g/mol. The van der Waals surface area contributed by atoms with Gasteiger partial charge in [-0.15, -0.1) is 6.58 Å². The van der Waals surface area contributed by atoms with Gasteiger partial charge in [-0.3, -0.25) is 14.9 Å². The Balaban J connectivity index is 2.44. The van der Waals surface area contributed by atoms with Crippen LogP contribution < -0.4 is 10.6 Å². The molecule has 0 bridgehead atoms. The zero-order chi connectivity index (χ0) is 15.0. The maximum atomic E-state index is 11.8. The molecule has 1 saturated carbocycles. The quantitative estimate of drug-likeness (QED) is 0.490. The number of carboxylic acid groups (broad SMARTS) is 1. The minimum absolute atomic E-state index is 0.0154. The summed E-state index contributed by atoms with van der Waals surface area (Å²) in [7, 11) is 0. The van der Waals surface area contributed by atoms with Crippen molar-refractivity contribution in [1.82, 2.24) is 10.6 Å². The molecule has 6 nitrogen and oxygen atoms in total. The van der Waals surface area contributed by atoms with Gasteiger partial charge < -0.3 is 10.4 Å². The van der Waals surface area contributed by atoms with E-state index in [-0.39, 0.29) is 12.8 Å². The number of imide groups is 1. The fraction of sp³-hybridized carbons (Fsp3) is 0.643. The number of carbonyl (C=O) groups excluding carboxylic acids is 2. The molecule has 1 aliphatic carbocycles. The lowest BCUT2D eigenvalue weighted by atomic mass is 9.79. The van der Waals surface area contributed by atoms with Crippen molar-refractivity contribution >= 4 is 17.9 Å². The lowest BCUT2D eigenvalue weighted by molar-refractivity contribution is -0.140. The largest absolute Gasteiger partial charge is 0.481 e. The van der Waals surface area contributed by atoms with Crippen LogP contribution in [0.3, 0.4) is 0 Å². The number of nitrogens with one attached hydrogen (secondary N) is 2. The number of aliphatic carboxylic acids is 1. The van der Waals surface area contributed by atoms with Crippen molar-refractivity contribution in [3.8, 4) is 0 Å². The van der Waals surface area contributed by atoms with E-state index < -0.39 is 23.3 Å². The molecule has 1 rings (SSSR count). The molecule has 0 radical (unpaired) electrons. The normalized spacial score (nSPS) is 16.4. The van der Waals surface area contributed by atoms with Crippen LogP contribution >= 0.6 is 0 Å². The van der Waals surface area contributed by atoms with Crippen LogP contribution in [-0.4, -0.2) is 29.6 Å². The zero-order valence-corrected chi connectivity index (χ0v) is 11.6. The summed E-state index contributed by atoms with van der Waals surface area (Å²) in [5.74, 6) is -1.31. The predicted molar refractivity (Wildman–Crippen MR) is 74.1 cm³/mol. The molecular formula is C14H22N2O4. The average Bonchev–Trinajstić information content (AvgIpc) is 2.76. The Morgan fingerprint density at radius 3 is 2.40 bits per heavy atom. The first-order valence-corrected chi connectivity index (χ1v) is 6.88. The van der Waals surface area contributed by atoms with Crippen LogP contribution in [0.4, 0.5) is 4.79 Å². The summed E-state index contributed by atoms with van der Waals surface area (Å²) in [6, 6.07) is -0.541. The third kappa shape index (κ3) is 5.42. The number of carboxylic acids is 1. The van der Waals surface area contributed by atoms with E-state index in [0.717, 1.165) is 25.7 Å². The molecule has 1 aliphatic rings. The van der Waals surface area contributed by atoms with E-state index in [1.807, 2.05) is 0 Å². The molecule has 3 amide bonds. The summed E-state index contributed by atoms with van der Waals surface area (Å²) < 4.78 is 0. The van der Waals surface area contributed by atoms with Crippen molar-refractivity contribution in [3.63, 3.8) is 0 Å². The Hall–Kier alpha value is -1.85. The summed E-state index contributed by atoms with van der Waals surface area (Å²) in [6.07, 6.45) is 5.70. The highest BCUT2D eigenvalue weighted by molar-refractivity contribution is 5.94.